The summed E-state index contributed by atoms with van der Waals surface area (Å²) in [6.07, 6.45) is 4.10. The molecule has 0 spiro atoms. The van der Waals surface area contributed by atoms with Crippen LogP contribution in [0.2, 0.25) is 0 Å². The fourth-order valence-electron chi connectivity index (χ4n) is 6.12. The fraction of sp³-hybridized carbons (Fsp3) is 0.419. The van der Waals surface area contributed by atoms with Crippen LogP contribution in [0.25, 0.3) is 0 Å². The molecule has 2 aromatic carbocycles. The molecule has 5 rings (SSSR count). The zero-order valence-corrected chi connectivity index (χ0v) is 24.4. The number of carbonyl (C=O) groups excluding carboxylic acids is 4. The number of hydrogen-bond acceptors (Lipinski definition) is 9. The molecule has 0 aromatic heterocycles. The maximum Gasteiger partial charge on any atom is 0.304 e. The molecule has 0 radical (unpaired) electrons. The Labute approximate surface area is 253 Å². The van der Waals surface area contributed by atoms with Crippen LogP contribution in [0.3, 0.4) is 0 Å². The van der Waals surface area contributed by atoms with Crippen LogP contribution in [0.1, 0.15) is 50.7 Å². The molecular weight excluding hydrogens is 572 g/mol. The first-order chi connectivity index (χ1) is 20.9. The molecule has 1 unspecified atom stereocenters. The molecule has 3 amide bonds. The summed E-state index contributed by atoms with van der Waals surface area (Å²) in [4.78, 5) is 65.4. The number of carbonyl (C=O) groups is 4. The van der Waals surface area contributed by atoms with Crippen LogP contribution >= 0.6 is 0 Å². The quantitative estimate of drug-likeness (QED) is 0.136. The van der Waals surface area contributed by atoms with Gasteiger partial charge in [0.05, 0.1) is 36.2 Å². The molecule has 2 aromatic rings. The summed E-state index contributed by atoms with van der Waals surface area (Å²) >= 11 is 0. The van der Waals surface area contributed by atoms with E-state index in [-0.39, 0.29) is 55.1 Å². The third kappa shape index (κ3) is 5.55. The lowest BCUT2D eigenvalue weighted by Gasteiger charge is -2.39. The van der Waals surface area contributed by atoms with Crippen LogP contribution in [0.15, 0.2) is 54.6 Å². The Kier molecular flexibility index (Phi) is 8.53. The lowest BCUT2D eigenvalue weighted by atomic mass is 9.82. The number of aliphatic hydroxyl groups excluding tert-OH is 1. The number of hydrogen-bond donors (Lipinski definition) is 2. The fourth-order valence-corrected chi connectivity index (χ4v) is 6.12. The maximum absolute atomic E-state index is 13.9. The van der Waals surface area contributed by atoms with Gasteiger partial charge in [-0.25, -0.2) is 0 Å². The summed E-state index contributed by atoms with van der Waals surface area (Å²) in [5.41, 5.74) is -0.831. The molecular formula is C31H34N4O9. The standard InChI is InChI=1S/C31H34N4O9/c1-19(5-3-7-27(38)32-14-4-6-24(32)18-36)31(41)25-15-23(35(42)43)12-13-26(25)33(30(31)40)17-21-8-10-22(11-9-21)34-28(39)16-29(34)44-20(2)37/h3,5,8-13,15,19,24,29,36,41H,4,6-7,14,16-18H2,1-2H3/b5-3+/t19-,24-,29?,31+/m0/s1. The second-order valence-corrected chi connectivity index (χ2v) is 11.3. The number of fused-ring (bicyclic) bond motifs is 1. The van der Waals surface area contributed by atoms with Crippen molar-refractivity contribution in [3.8, 4) is 0 Å². The van der Waals surface area contributed by atoms with Gasteiger partial charge in [0, 0.05) is 49.2 Å². The molecule has 13 nitrogen and oxygen atoms in total. The van der Waals surface area contributed by atoms with E-state index in [9.17, 15) is 39.5 Å². The van der Waals surface area contributed by atoms with Crippen molar-refractivity contribution >= 4 is 40.8 Å². The van der Waals surface area contributed by atoms with E-state index in [1.807, 2.05) is 0 Å². The molecule has 3 aliphatic heterocycles. The molecule has 3 aliphatic rings. The van der Waals surface area contributed by atoms with Crippen molar-refractivity contribution in [3.63, 3.8) is 0 Å². The molecule has 2 N–H and O–H groups in total. The van der Waals surface area contributed by atoms with Crippen molar-refractivity contribution in [2.75, 3.05) is 23.0 Å². The Balaban J connectivity index is 1.37. The summed E-state index contributed by atoms with van der Waals surface area (Å²) in [5.74, 6) is -2.39. The molecule has 2 fully saturated rings. The van der Waals surface area contributed by atoms with E-state index in [4.69, 9.17) is 4.74 Å². The van der Waals surface area contributed by atoms with Gasteiger partial charge in [-0.1, -0.05) is 31.2 Å². The summed E-state index contributed by atoms with van der Waals surface area (Å²) in [5, 5.41) is 33.0. The number of nitrogens with zero attached hydrogens (tertiary/aromatic N) is 4. The van der Waals surface area contributed by atoms with E-state index in [0.29, 0.717) is 23.5 Å². The Hall–Kier alpha value is -4.62. The lowest BCUT2D eigenvalue weighted by Crippen LogP contribution is -2.54. The summed E-state index contributed by atoms with van der Waals surface area (Å²) < 4.78 is 5.16. The number of nitro benzene ring substituents is 1. The summed E-state index contributed by atoms with van der Waals surface area (Å²) in [6, 6.07) is 10.4. The average molecular weight is 607 g/mol. The van der Waals surface area contributed by atoms with Crippen LogP contribution in [0.5, 0.6) is 0 Å². The smallest absolute Gasteiger partial charge is 0.304 e. The van der Waals surface area contributed by atoms with Crippen molar-refractivity contribution < 1.29 is 39.1 Å². The monoisotopic (exact) mass is 606 g/mol. The van der Waals surface area contributed by atoms with E-state index < -0.39 is 34.5 Å². The van der Waals surface area contributed by atoms with Crippen molar-refractivity contribution in [2.24, 2.45) is 5.92 Å². The Morgan fingerprint density at radius 2 is 1.93 bits per heavy atom. The minimum atomic E-state index is -2.14. The third-order valence-corrected chi connectivity index (χ3v) is 8.51. The molecule has 0 bridgehead atoms. The first kappa shape index (κ1) is 30.8. The SMILES string of the molecule is CC(=O)OC1CC(=O)N1c1ccc(CN2C(=O)[C@@](O)([C@@H](C)/C=C/CC(=O)N3CCC[C@H]3CO)c3cc([N+](=O)[O-])ccc32)cc1. The summed E-state index contributed by atoms with van der Waals surface area (Å²) in [7, 11) is 0. The number of anilines is 2. The van der Waals surface area contributed by atoms with Gasteiger partial charge in [-0.2, -0.15) is 0 Å². The highest BCUT2D eigenvalue weighted by Crippen LogP contribution is 2.47. The van der Waals surface area contributed by atoms with Crippen LogP contribution in [-0.2, 0) is 36.1 Å². The number of amides is 3. The van der Waals surface area contributed by atoms with Crippen molar-refractivity contribution in [2.45, 2.75) is 63.9 Å². The predicted octanol–water partition coefficient (Wildman–Crippen LogP) is 2.52. The second kappa shape index (κ2) is 12.2. The Morgan fingerprint density at radius 1 is 1.20 bits per heavy atom. The number of rotatable bonds is 10. The average Bonchev–Trinajstić information content (AvgIpc) is 3.55. The van der Waals surface area contributed by atoms with Gasteiger partial charge in [-0.3, -0.25) is 34.2 Å². The minimum absolute atomic E-state index is 0.0147. The number of β-lactam (4-membered cyclic amide) rings is 1. The van der Waals surface area contributed by atoms with Crippen molar-refractivity contribution in [1.82, 2.24) is 4.90 Å². The van der Waals surface area contributed by atoms with Gasteiger partial charge in [0.15, 0.2) is 11.8 Å². The zero-order chi connectivity index (χ0) is 31.8. The van der Waals surface area contributed by atoms with E-state index in [1.165, 1.54) is 34.9 Å². The number of ether oxygens (including phenoxy) is 1. The molecule has 4 atom stereocenters. The third-order valence-electron chi connectivity index (χ3n) is 8.51. The highest BCUT2D eigenvalue weighted by molar-refractivity contribution is 6.07. The number of nitro groups is 1. The Morgan fingerprint density at radius 3 is 2.57 bits per heavy atom. The first-order valence-electron chi connectivity index (χ1n) is 14.4. The van der Waals surface area contributed by atoms with Crippen LogP contribution in [-0.4, -0.2) is 69.1 Å². The van der Waals surface area contributed by atoms with Gasteiger partial charge < -0.3 is 24.7 Å². The van der Waals surface area contributed by atoms with Gasteiger partial charge in [0.1, 0.15) is 0 Å². The van der Waals surface area contributed by atoms with E-state index >= 15 is 0 Å². The van der Waals surface area contributed by atoms with Crippen LogP contribution < -0.4 is 9.80 Å². The molecule has 13 heteroatoms. The van der Waals surface area contributed by atoms with Gasteiger partial charge in [0.2, 0.25) is 11.8 Å². The summed E-state index contributed by atoms with van der Waals surface area (Å²) in [6.45, 7) is 3.35. The number of benzene rings is 2. The molecule has 0 saturated carbocycles. The Bertz CT molecular complexity index is 1520. The van der Waals surface area contributed by atoms with Gasteiger partial charge in [0.25, 0.3) is 11.6 Å². The molecule has 2 saturated heterocycles. The zero-order valence-electron chi connectivity index (χ0n) is 24.4. The van der Waals surface area contributed by atoms with E-state index in [2.05, 4.69) is 0 Å². The topological polar surface area (TPSA) is 171 Å². The van der Waals surface area contributed by atoms with Gasteiger partial charge >= 0.3 is 5.97 Å². The van der Waals surface area contributed by atoms with E-state index in [0.717, 1.165) is 12.8 Å². The minimum Gasteiger partial charge on any atom is -0.441 e. The second-order valence-electron chi connectivity index (χ2n) is 11.3. The first-order valence-corrected chi connectivity index (χ1v) is 14.4. The molecule has 3 heterocycles. The van der Waals surface area contributed by atoms with E-state index in [1.54, 1.807) is 48.2 Å². The normalized spacial score (nSPS) is 23.6. The largest absolute Gasteiger partial charge is 0.441 e. The van der Waals surface area contributed by atoms with Gasteiger partial charge in [-0.15, -0.1) is 0 Å². The lowest BCUT2D eigenvalue weighted by molar-refractivity contribution is -0.385. The van der Waals surface area contributed by atoms with Crippen LogP contribution in [0, 0.1) is 16.0 Å². The van der Waals surface area contributed by atoms with Crippen LogP contribution in [0.4, 0.5) is 17.1 Å². The number of likely N-dealkylation sites (tertiary alicyclic amines) is 1. The number of aliphatic hydroxyl groups is 2. The highest BCUT2D eigenvalue weighted by Gasteiger charge is 2.53. The number of non-ortho nitro benzene ring substituents is 1. The predicted molar refractivity (Wildman–Crippen MR) is 157 cm³/mol. The highest BCUT2D eigenvalue weighted by atomic mass is 16.6. The number of esters is 1. The maximum atomic E-state index is 13.9. The molecule has 0 aliphatic carbocycles. The van der Waals surface area contributed by atoms with Crippen molar-refractivity contribution in [1.29, 1.82) is 0 Å². The molecule has 44 heavy (non-hydrogen) atoms. The van der Waals surface area contributed by atoms with Crippen molar-refractivity contribution in [3.05, 3.63) is 75.9 Å². The molecule has 232 valence electrons. The van der Waals surface area contributed by atoms with Gasteiger partial charge in [-0.05, 0) is 36.6 Å².